The van der Waals surface area contributed by atoms with Gasteiger partial charge in [-0.2, -0.15) is 23.1 Å². The Labute approximate surface area is 186 Å². The second-order valence-corrected chi connectivity index (χ2v) is 6.71. The Morgan fingerprint density at radius 3 is 2.47 bits per heavy atom. The number of fused-ring (bicyclic) bond motifs is 1. The lowest BCUT2D eigenvalue weighted by molar-refractivity contribution is -0.154. The largest absolute Gasteiger partial charge is 0.481 e. The highest BCUT2D eigenvalue weighted by Crippen LogP contribution is 2.31. The molecule has 1 aromatic heterocycles. The maximum atomic E-state index is 12.7. The van der Waals surface area contributed by atoms with Gasteiger partial charge in [-0.1, -0.05) is 0 Å². The number of nitrogens with zero attached hydrogens (tertiary/aromatic N) is 3. The van der Waals surface area contributed by atoms with Crippen molar-refractivity contribution in [2.24, 2.45) is 0 Å². The molecule has 13 heteroatoms. The Kier molecular flexibility index (Phi) is 10.7. The van der Waals surface area contributed by atoms with Crippen LogP contribution in [-0.2, 0) is 6.42 Å². The molecule has 3 rings (SSSR count). The SMILES string of the molecule is CCOc1nc(OC)c(CC2NCCN3CCNCC23)c(OCC(F)(F)F)n1.Cl.Cl. The quantitative estimate of drug-likeness (QED) is 0.610. The van der Waals surface area contributed by atoms with Crippen LogP contribution < -0.4 is 24.8 Å². The van der Waals surface area contributed by atoms with E-state index in [4.69, 9.17) is 14.2 Å². The number of nitrogens with one attached hydrogen (secondary N) is 2. The average molecular weight is 478 g/mol. The minimum absolute atomic E-state index is 0. The highest BCUT2D eigenvalue weighted by atomic mass is 35.5. The van der Waals surface area contributed by atoms with Gasteiger partial charge >= 0.3 is 12.2 Å². The molecule has 0 saturated carbocycles. The predicted octanol–water partition coefficient (Wildman–Crippen LogP) is 1.46. The first-order valence-electron chi connectivity index (χ1n) is 9.36. The summed E-state index contributed by atoms with van der Waals surface area (Å²) in [4.78, 5) is 10.6. The molecule has 0 bridgehead atoms. The van der Waals surface area contributed by atoms with E-state index in [0.717, 1.165) is 32.7 Å². The molecule has 8 nitrogen and oxygen atoms in total. The van der Waals surface area contributed by atoms with Crippen molar-refractivity contribution in [2.45, 2.75) is 31.6 Å². The fourth-order valence-electron chi connectivity index (χ4n) is 3.63. The Hall–Kier alpha value is -1.27. The summed E-state index contributed by atoms with van der Waals surface area (Å²) in [6, 6.07) is 0.150. The minimum Gasteiger partial charge on any atom is -0.481 e. The minimum atomic E-state index is -4.48. The van der Waals surface area contributed by atoms with Crippen LogP contribution in [0.5, 0.6) is 17.8 Å². The third kappa shape index (κ3) is 6.88. The topological polar surface area (TPSA) is 80.8 Å². The summed E-state index contributed by atoms with van der Waals surface area (Å²) in [5.41, 5.74) is 0.403. The first-order valence-corrected chi connectivity index (χ1v) is 9.36. The van der Waals surface area contributed by atoms with E-state index in [1.165, 1.54) is 7.11 Å². The fraction of sp³-hybridized carbons (Fsp3) is 0.765. The number of piperazine rings is 2. The first-order chi connectivity index (χ1) is 13.4. The summed E-state index contributed by atoms with van der Waals surface area (Å²) in [7, 11) is 1.41. The molecule has 0 spiro atoms. The van der Waals surface area contributed by atoms with E-state index in [2.05, 4.69) is 25.5 Å². The number of methoxy groups -OCH3 is 1. The summed E-state index contributed by atoms with van der Waals surface area (Å²) >= 11 is 0. The molecular formula is C17H28Cl2F3N5O3. The van der Waals surface area contributed by atoms with Crippen molar-refractivity contribution >= 4 is 24.8 Å². The first kappa shape index (κ1) is 26.8. The van der Waals surface area contributed by atoms with Gasteiger partial charge in [0, 0.05) is 44.8 Å². The van der Waals surface area contributed by atoms with Gasteiger partial charge in [0.05, 0.1) is 19.3 Å². The molecule has 2 aliphatic heterocycles. The molecule has 2 fully saturated rings. The normalized spacial score (nSPS) is 21.6. The van der Waals surface area contributed by atoms with Gasteiger partial charge in [-0.3, -0.25) is 4.90 Å². The number of ether oxygens (including phenoxy) is 3. The van der Waals surface area contributed by atoms with E-state index in [1.807, 2.05) is 0 Å². The highest BCUT2D eigenvalue weighted by molar-refractivity contribution is 5.85. The molecule has 0 amide bonds. The van der Waals surface area contributed by atoms with Crippen molar-refractivity contribution in [2.75, 3.05) is 53.0 Å². The number of alkyl halides is 3. The van der Waals surface area contributed by atoms with E-state index in [1.54, 1.807) is 6.92 Å². The summed E-state index contributed by atoms with van der Waals surface area (Å²) in [6.07, 6.45) is -4.10. The standard InChI is InChI=1S/C17H26F3N5O3.2ClH/c1-3-27-16-23-14(26-2)11(15(24-16)28-10-17(18,19)20)8-12-13-9-21-4-6-25(13)7-5-22-12;;/h12-13,21-22H,3-10H2,1-2H3;2*1H. The molecule has 174 valence electrons. The lowest BCUT2D eigenvalue weighted by atomic mass is 9.95. The molecule has 3 heterocycles. The maximum Gasteiger partial charge on any atom is 0.422 e. The van der Waals surface area contributed by atoms with Gasteiger partial charge in [0.15, 0.2) is 6.61 Å². The lowest BCUT2D eigenvalue weighted by Gasteiger charge is -2.45. The van der Waals surface area contributed by atoms with Crippen LogP contribution in [0.25, 0.3) is 0 Å². The van der Waals surface area contributed by atoms with Gasteiger partial charge in [-0.05, 0) is 13.3 Å². The highest BCUT2D eigenvalue weighted by Gasteiger charge is 2.35. The molecule has 1 aromatic rings. The fourth-order valence-corrected chi connectivity index (χ4v) is 3.63. The molecule has 0 radical (unpaired) electrons. The second kappa shape index (κ2) is 11.9. The molecule has 2 atom stereocenters. The van der Waals surface area contributed by atoms with Crippen LogP contribution in [0.1, 0.15) is 12.5 Å². The Balaban J connectivity index is 0.00000225. The number of hydrogen-bond donors (Lipinski definition) is 2. The van der Waals surface area contributed by atoms with Crippen molar-refractivity contribution in [3.8, 4) is 17.8 Å². The molecule has 2 unspecified atom stereocenters. The number of aromatic nitrogens is 2. The van der Waals surface area contributed by atoms with Crippen LogP contribution in [0.3, 0.4) is 0 Å². The summed E-state index contributed by atoms with van der Waals surface area (Å²) < 4.78 is 53.8. The van der Waals surface area contributed by atoms with Gasteiger partial charge in [-0.25, -0.2) is 0 Å². The molecule has 0 aliphatic carbocycles. The molecule has 30 heavy (non-hydrogen) atoms. The zero-order chi connectivity index (χ0) is 20.1. The van der Waals surface area contributed by atoms with Crippen LogP contribution in [0.15, 0.2) is 0 Å². The Bertz CT molecular complexity index is 670. The lowest BCUT2D eigenvalue weighted by Crippen LogP contribution is -2.65. The zero-order valence-electron chi connectivity index (χ0n) is 16.8. The monoisotopic (exact) mass is 477 g/mol. The van der Waals surface area contributed by atoms with Gasteiger partial charge in [-0.15, -0.1) is 24.8 Å². The van der Waals surface area contributed by atoms with E-state index in [-0.39, 0.29) is 61.3 Å². The van der Waals surface area contributed by atoms with Crippen molar-refractivity contribution < 1.29 is 27.4 Å². The summed E-state index contributed by atoms with van der Waals surface area (Å²) in [5.74, 6) is 0.00799. The smallest absolute Gasteiger partial charge is 0.422 e. The van der Waals surface area contributed by atoms with Gasteiger partial charge in [0.2, 0.25) is 11.8 Å². The van der Waals surface area contributed by atoms with Crippen molar-refractivity contribution in [3.63, 3.8) is 0 Å². The molecular weight excluding hydrogens is 450 g/mol. The molecule has 0 aromatic carbocycles. The zero-order valence-corrected chi connectivity index (χ0v) is 18.5. The number of halogens is 5. The van der Waals surface area contributed by atoms with Crippen molar-refractivity contribution in [3.05, 3.63) is 5.56 Å². The second-order valence-electron chi connectivity index (χ2n) is 6.71. The maximum absolute atomic E-state index is 12.7. The van der Waals surface area contributed by atoms with Crippen LogP contribution >= 0.6 is 24.8 Å². The van der Waals surface area contributed by atoms with E-state index < -0.39 is 12.8 Å². The third-order valence-corrected chi connectivity index (χ3v) is 4.84. The number of hydrogen-bond acceptors (Lipinski definition) is 8. The van der Waals surface area contributed by atoms with Crippen LogP contribution in [0, 0.1) is 0 Å². The van der Waals surface area contributed by atoms with Crippen LogP contribution in [-0.4, -0.2) is 86.2 Å². The number of rotatable bonds is 7. The molecule has 2 saturated heterocycles. The van der Waals surface area contributed by atoms with Crippen LogP contribution in [0.2, 0.25) is 0 Å². The van der Waals surface area contributed by atoms with Crippen LogP contribution in [0.4, 0.5) is 13.2 Å². The summed E-state index contributed by atoms with van der Waals surface area (Å²) in [6.45, 7) is 4.98. The van der Waals surface area contributed by atoms with Gasteiger partial charge in [0.1, 0.15) is 0 Å². The molecule has 2 aliphatic rings. The predicted molar refractivity (Wildman–Crippen MR) is 110 cm³/mol. The average Bonchev–Trinajstić information content (AvgIpc) is 2.67. The van der Waals surface area contributed by atoms with Gasteiger partial charge in [0.25, 0.3) is 0 Å². The van der Waals surface area contributed by atoms with Crippen molar-refractivity contribution in [1.82, 2.24) is 25.5 Å². The van der Waals surface area contributed by atoms with Gasteiger partial charge < -0.3 is 24.8 Å². The van der Waals surface area contributed by atoms with E-state index in [9.17, 15) is 13.2 Å². The Morgan fingerprint density at radius 1 is 1.10 bits per heavy atom. The van der Waals surface area contributed by atoms with E-state index >= 15 is 0 Å². The summed E-state index contributed by atoms with van der Waals surface area (Å²) in [5, 5.41) is 6.83. The Morgan fingerprint density at radius 2 is 1.80 bits per heavy atom. The molecule has 2 N–H and O–H groups in total. The van der Waals surface area contributed by atoms with Crippen molar-refractivity contribution in [1.29, 1.82) is 0 Å². The third-order valence-electron chi connectivity index (χ3n) is 4.84. The van der Waals surface area contributed by atoms with E-state index in [0.29, 0.717) is 12.0 Å².